The van der Waals surface area contributed by atoms with Gasteiger partial charge in [-0.15, -0.1) is 5.10 Å². The molecule has 0 aliphatic carbocycles. The van der Waals surface area contributed by atoms with E-state index >= 15 is 0 Å². The number of hydrogen-bond donors (Lipinski definition) is 1. The van der Waals surface area contributed by atoms with E-state index in [1.165, 1.54) is 25.8 Å². The molecule has 1 aliphatic rings. The first-order valence-electron chi connectivity index (χ1n) is 6.67. The fourth-order valence-corrected chi connectivity index (χ4v) is 2.24. The lowest BCUT2D eigenvalue weighted by Gasteiger charge is -2.14. The van der Waals surface area contributed by atoms with Gasteiger partial charge < -0.3 is 5.32 Å². The molecule has 4 heteroatoms. The molecular formula is C13H24N4. The highest BCUT2D eigenvalue weighted by molar-refractivity contribution is 5.06. The molecule has 1 aliphatic heterocycles. The van der Waals surface area contributed by atoms with Gasteiger partial charge in [0.05, 0.1) is 5.69 Å². The first kappa shape index (κ1) is 12.6. The van der Waals surface area contributed by atoms with Gasteiger partial charge in [-0.1, -0.05) is 32.4 Å². The van der Waals surface area contributed by atoms with Gasteiger partial charge in [-0.25, -0.2) is 0 Å². The highest BCUT2D eigenvalue weighted by Crippen LogP contribution is 2.19. The molecule has 1 atom stereocenters. The van der Waals surface area contributed by atoms with Crippen LogP contribution in [-0.4, -0.2) is 28.1 Å². The minimum atomic E-state index is 0.0972. The Kier molecular flexibility index (Phi) is 3.82. The molecule has 96 valence electrons. The van der Waals surface area contributed by atoms with Crippen LogP contribution < -0.4 is 5.32 Å². The summed E-state index contributed by atoms with van der Waals surface area (Å²) < 4.78 is 2.01. The molecule has 1 aromatic rings. The molecule has 0 aromatic carbocycles. The third kappa shape index (κ3) is 3.53. The van der Waals surface area contributed by atoms with E-state index in [1.807, 2.05) is 4.68 Å². The zero-order chi connectivity index (χ0) is 12.3. The molecule has 1 N–H and O–H groups in total. The molecule has 1 unspecified atom stereocenters. The largest absolute Gasteiger partial charge is 0.316 e. The quantitative estimate of drug-likeness (QED) is 0.853. The molecule has 1 fully saturated rings. The Morgan fingerprint density at radius 3 is 2.94 bits per heavy atom. The van der Waals surface area contributed by atoms with Crippen LogP contribution >= 0.6 is 0 Å². The Labute approximate surface area is 104 Å². The van der Waals surface area contributed by atoms with Gasteiger partial charge in [-0.2, -0.15) is 0 Å². The average Bonchev–Trinajstić information content (AvgIpc) is 2.56. The first-order valence-corrected chi connectivity index (χ1v) is 6.67. The van der Waals surface area contributed by atoms with E-state index in [0.29, 0.717) is 5.92 Å². The highest BCUT2D eigenvalue weighted by atomic mass is 15.4. The minimum Gasteiger partial charge on any atom is -0.316 e. The second kappa shape index (κ2) is 5.17. The van der Waals surface area contributed by atoms with Crippen molar-refractivity contribution < 1.29 is 0 Å². The van der Waals surface area contributed by atoms with Crippen molar-refractivity contribution in [3.63, 3.8) is 0 Å². The highest BCUT2D eigenvalue weighted by Gasteiger charge is 2.19. The van der Waals surface area contributed by atoms with E-state index in [2.05, 4.69) is 42.6 Å². The van der Waals surface area contributed by atoms with Crippen LogP contribution in [0.15, 0.2) is 6.20 Å². The Balaban J connectivity index is 1.96. The monoisotopic (exact) mass is 236 g/mol. The maximum absolute atomic E-state index is 4.27. The van der Waals surface area contributed by atoms with Gasteiger partial charge in [0.25, 0.3) is 0 Å². The molecule has 2 rings (SSSR count). The molecule has 0 saturated carbocycles. The zero-order valence-electron chi connectivity index (χ0n) is 11.2. The van der Waals surface area contributed by atoms with Crippen LogP contribution in [0.5, 0.6) is 0 Å². The number of aromatic nitrogens is 3. The molecule has 17 heavy (non-hydrogen) atoms. The van der Waals surface area contributed by atoms with Crippen LogP contribution in [0.25, 0.3) is 0 Å². The third-order valence-corrected chi connectivity index (χ3v) is 3.40. The van der Waals surface area contributed by atoms with Gasteiger partial charge in [0.2, 0.25) is 0 Å². The maximum Gasteiger partial charge on any atom is 0.0880 e. The molecule has 1 saturated heterocycles. The Bertz CT molecular complexity index is 343. The summed E-state index contributed by atoms with van der Waals surface area (Å²) >= 11 is 0. The fraction of sp³-hybridized carbons (Fsp3) is 0.846. The summed E-state index contributed by atoms with van der Waals surface area (Å²) in [5.74, 6) is 0.701. The first-order chi connectivity index (χ1) is 8.05. The SMILES string of the molecule is CC(C)(C)c1cn(CC2CCCCNC2)nn1. The average molecular weight is 236 g/mol. The van der Waals surface area contributed by atoms with Crippen molar-refractivity contribution in [3.8, 4) is 0 Å². The van der Waals surface area contributed by atoms with E-state index in [-0.39, 0.29) is 5.41 Å². The Hall–Kier alpha value is -0.900. The molecule has 0 bridgehead atoms. The predicted octanol–water partition coefficient (Wildman–Crippen LogP) is 1.97. The molecule has 0 spiro atoms. The molecule has 2 heterocycles. The zero-order valence-corrected chi connectivity index (χ0v) is 11.2. The van der Waals surface area contributed by atoms with Gasteiger partial charge in [-0.3, -0.25) is 4.68 Å². The van der Waals surface area contributed by atoms with Gasteiger partial charge in [0.15, 0.2) is 0 Å². The van der Waals surface area contributed by atoms with E-state index < -0.39 is 0 Å². The van der Waals surface area contributed by atoms with Gasteiger partial charge >= 0.3 is 0 Å². The summed E-state index contributed by atoms with van der Waals surface area (Å²) in [6.07, 6.45) is 6.04. The second-order valence-electron chi connectivity index (χ2n) is 6.14. The van der Waals surface area contributed by atoms with Crippen molar-refractivity contribution in [1.82, 2.24) is 20.3 Å². The van der Waals surface area contributed by atoms with Crippen molar-refractivity contribution >= 4 is 0 Å². The number of rotatable bonds is 2. The Morgan fingerprint density at radius 2 is 2.24 bits per heavy atom. The van der Waals surface area contributed by atoms with Crippen LogP contribution in [0.1, 0.15) is 45.7 Å². The number of nitrogens with one attached hydrogen (secondary N) is 1. The van der Waals surface area contributed by atoms with Crippen molar-refractivity contribution in [1.29, 1.82) is 0 Å². The van der Waals surface area contributed by atoms with Gasteiger partial charge in [-0.05, 0) is 31.8 Å². The van der Waals surface area contributed by atoms with E-state index in [1.54, 1.807) is 0 Å². The maximum atomic E-state index is 4.27. The number of hydrogen-bond acceptors (Lipinski definition) is 3. The van der Waals surface area contributed by atoms with Crippen LogP contribution in [0.4, 0.5) is 0 Å². The topological polar surface area (TPSA) is 42.7 Å². The van der Waals surface area contributed by atoms with Crippen molar-refractivity contribution in [3.05, 3.63) is 11.9 Å². The molecule has 1 aromatic heterocycles. The predicted molar refractivity (Wildman–Crippen MR) is 68.9 cm³/mol. The second-order valence-corrected chi connectivity index (χ2v) is 6.14. The lowest BCUT2D eigenvalue weighted by Crippen LogP contribution is -2.24. The summed E-state index contributed by atoms with van der Waals surface area (Å²) in [4.78, 5) is 0. The summed E-state index contributed by atoms with van der Waals surface area (Å²) in [7, 11) is 0. The molecular weight excluding hydrogens is 212 g/mol. The van der Waals surface area contributed by atoms with Gasteiger partial charge in [0.1, 0.15) is 0 Å². The van der Waals surface area contributed by atoms with E-state index in [4.69, 9.17) is 0 Å². The summed E-state index contributed by atoms with van der Waals surface area (Å²) in [5.41, 5.74) is 1.18. The minimum absolute atomic E-state index is 0.0972. The number of nitrogens with zero attached hydrogens (tertiary/aromatic N) is 3. The lowest BCUT2D eigenvalue weighted by atomic mass is 9.93. The third-order valence-electron chi connectivity index (χ3n) is 3.40. The summed E-state index contributed by atoms with van der Waals surface area (Å²) in [5, 5.41) is 12.0. The van der Waals surface area contributed by atoms with E-state index in [0.717, 1.165) is 18.8 Å². The molecule has 4 nitrogen and oxygen atoms in total. The van der Waals surface area contributed by atoms with Crippen LogP contribution in [0, 0.1) is 5.92 Å². The van der Waals surface area contributed by atoms with Crippen molar-refractivity contribution in [2.24, 2.45) is 5.92 Å². The lowest BCUT2D eigenvalue weighted by molar-refractivity contribution is 0.386. The molecule has 0 radical (unpaired) electrons. The van der Waals surface area contributed by atoms with Crippen molar-refractivity contribution in [2.45, 2.75) is 52.0 Å². The van der Waals surface area contributed by atoms with Crippen molar-refractivity contribution in [2.75, 3.05) is 13.1 Å². The van der Waals surface area contributed by atoms with Crippen LogP contribution in [-0.2, 0) is 12.0 Å². The Morgan fingerprint density at radius 1 is 1.41 bits per heavy atom. The standard InChI is InChI=1S/C13H24N4/c1-13(2,3)12-10-17(16-15-12)9-11-6-4-5-7-14-8-11/h10-11,14H,4-9H2,1-3H3. The normalized spacial score (nSPS) is 22.4. The molecule has 0 amide bonds. The van der Waals surface area contributed by atoms with Crippen LogP contribution in [0.2, 0.25) is 0 Å². The fourth-order valence-electron chi connectivity index (χ4n) is 2.24. The smallest absolute Gasteiger partial charge is 0.0880 e. The summed E-state index contributed by atoms with van der Waals surface area (Å²) in [6.45, 7) is 9.81. The van der Waals surface area contributed by atoms with Gasteiger partial charge in [0, 0.05) is 18.2 Å². The summed E-state index contributed by atoms with van der Waals surface area (Å²) in [6, 6.07) is 0. The van der Waals surface area contributed by atoms with E-state index in [9.17, 15) is 0 Å². The van der Waals surface area contributed by atoms with Crippen LogP contribution in [0.3, 0.4) is 0 Å².